The van der Waals surface area contributed by atoms with E-state index in [4.69, 9.17) is 4.74 Å². The van der Waals surface area contributed by atoms with Crippen molar-refractivity contribution in [2.75, 3.05) is 26.3 Å². The van der Waals surface area contributed by atoms with Gasteiger partial charge in [0.2, 0.25) is 0 Å². The van der Waals surface area contributed by atoms with Gasteiger partial charge in [0.15, 0.2) is 0 Å². The number of benzene rings is 1. The number of hydrogen-bond acceptors (Lipinski definition) is 2. The summed E-state index contributed by atoms with van der Waals surface area (Å²) in [4.78, 5) is 13.8. The molecule has 1 amide bonds. The summed E-state index contributed by atoms with van der Waals surface area (Å²) in [7, 11) is 0. The van der Waals surface area contributed by atoms with E-state index in [9.17, 15) is 13.6 Å². The summed E-state index contributed by atoms with van der Waals surface area (Å²) in [6, 6.07) is 8.55. The molecule has 2 rings (SSSR count). The Labute approximate surface area is 110 Å². The van der Waals surface area contributed by atoms with Crippen molar-refractivity contribution < 1.29 is 18.3 Å². The van der Waals surface area contributed by atoms with Crippen LogP contribution in [-0.2, 0) is 9.53 Å². The van der Waals surface area contributed by atoms with Crippen LogP contribution >= 0.6 is 0 Å². The fraction of sp³-hybridized carbons (Fsp3) is 0.357. The standard InChI is InChI=1S/C14H15F2NO2/c15-13(16)10-12(11-4-2-1-3-5-11)14(18)17-6-8-19-9-7-17/h1-5,10,13H,6-9H2/b12-10-. The summed E-state index contributed by atoms with van der Waals surface area (Å²) < 4.78 is 30.4. The molecule has 0 saturated carbocycles. The van der Waals surface area contributed by atoms with Crippen LogP contribution in [0.2, 0.25) is 0 Å². The Morgan fingerprint density at radius 2 is 1.84 bits per heavy atom. The van der Waals surface area contributed by atoms with Gasteiger partial charge < -0.3 is 9.64 Å². The van der Waals surface area contributed by atoms with Crippen LogP contribution in [0.1, 0.15) is 5.56 Å². The molecule has 1 saturated heterocycles. The molecule has 5 heteroatoms. The third-order valence-electron chi connectivity index (χ3n) is 2.91. The van der Waals surface area contributed by atoms with Crippen molar-refractivity contribution in [2.24, 2.45) is 0 Å². The summed E-state index contributed by atoms with van der Waals surface area (Å²) >= 11 is 0. The molecule has 0 N–H and O–H groups in total. The first-order valence-corrected chi connectivity index (χ1v) is 6.11. The van der Waals surface area contributed by atoms with Crippen molar-refractivity contribution in [3.8, 4) is 0 Å². The van der Waals surface area contributed by atoms with Gasteiger partial charge in [-0.05, 0) is 11.6 Å². The molecule has 1 heterocycles. The SMILES string of the molecule is O=C(/C(=C\C(F)F)c1ccccc1)N1CCOCC1. The van der Waals surface area contributed by atoms with Crippen LogP contribution in [0.3, 0.4) is 0 Å². The van der Waals surface area contributed by atoms with Crippen molar-refractivity contribution in [3.05, 3.63) is 42.0 Å². The highest BCUT2D eigenvalue weighted by Crippen LogP contribution is 2.19. The van der Waals surface area contributed by atoms with Crippen molar-refractivity contribution in [3.63, 3.8) is 0 Å². The number of rotatable bonds is 3. The molecule has 0 spiro atoms. The average molecular weight is 267 g/mol. The number of allylic oxidation sites excluding steroid dienone is 1. The molecule has 1 aromatic carbocycles. The van der Waals surface area contributed by atoms with E-state index in [0.29, 0.717) is 37.9 Å². The van der Waals surface area contributed by atoms with E-state index in [-0.39, 0.29) is 11.5 Å². The lowest BCUT2D eigenvalue weighted by atomic mass is 10.0. The van der Waals surface area contributed by atoms with Crippen LogP contribution in [-0.4, -0.2) is 43.5 Å². The molecule has 19 heavy (non-hydrogen) atoms. The largest absolute Gasteiger partial charge is 0.378 e. The Kier molecular flexibility index (Phi) is 4.63. The first-order chi connectivity index (χ1) is 9.18. The van der Waals surface area contributed by atoms with Crippen LogP contribution in [0.25, 0.3) is 5.57 Å². The van der Waals surface area contributed by atoms with Crippen molar-refractivity contribution in [1.82, 2.24) is 4.90 Å². The van der Waals surface area contributed by atoms with E-state index in [0.717, 1.165) is 0 Å². The van der Waals surface area contributed by atoms with Gasteiger partial charge in [-0.3, -0.25) is 4.79 Å². The normalized spacial score (nSPS) is 16.8. The van der Waals surface area contributed by atoms with Gasteiger partial charge in [-0.1, -0.05) is 30.3 Å². The van der Waals surface area contributed by atoms with Gasteiger partial charge in [-0.15, -0.1) is 0 Å². The molecule has 0 unspecified atom stereocenters. The lowest BCUT2D eigenvalue weighted by Gasteiger charge is -2.27. The van der Waals surface area contributed by atoms with E-state index in [1.165, 1.54) is 0 Å². The van der Waals surface area contributed by atoms with Gasteiger partial charge in [0.05, 0.1) is 13.2 Å². The second-order valence-electron chi connectivity index (χ2n) is 4.19. The van der Waals surface area contributed by atoms with Gasteiger partial charge in [0.1, 0.15) is 0 Å². The topological polar surface area (TPSA) is 29.5 Å². The minimum absolute atomic E-state index is 0.0532. The number of morpholine rings is 1. The molecule has 1 aliphatic heterocycles. The quantitative estimate of drug-likeness (QED) is 0.786. The number of carbonyl (C=O) groups excluding carboxylic acids is 1. The summed E-state index contributed by atoms with van der Waals surface area (Å²) in [6.07, 6.45) is -1.94. The molecule has 0 atom stereocenters. The number of alkyl halides is 2. The average Bonchev–Trinajstić information content (AvgIpc) is 2.46. The number of ether oxygens (including phenoxy) is 1. The van der Waals surface area contributed by atoms with E-state index in [2.05, 4.69) is 0 Å². The van der Waals surface area contributed by atoms with E-state index < -0.39 is 6.43 Å². The zero-order valence-electron chi connectivity index (χ0n) is 10.4. The van der Waals surface area contributed by atoms with Gasteiger partial charge in [0, 0.05) is 18.7 Å². The molecule has 1 fully saturated rings. The van der Waals surface area contributed by atoms with Crippen molar-refractivity contribution in [2.45, 2.75) is 6.43 Å². The Bertz CT molecular complexity index is 454. The van der Waals surface area contributed by atoms with Crippen LogP contribution in [0.15, 0.2) is 36.4 Å². The third kappa shape index (κ3) is 3.61. The van der Waals surface area contributed by atoms with Gasteiger partial charge >= 0.3 is 0 Å². The minimum atomic E-state index is -2.65. The van der Waals surface area contributed by atoms with Crippen LogP contribution < -0.4 is 0 Å². The molecule has 3 nitrogen and oxygen atoms in total. The predicted octanol–water partition coefficient (Wildman–Crippen LogP) is 2.19. The van der Waals surface area contributed by atoms with Crippen LogP contribution in [0.5, 0.6) is 0 Å². The Hall–Kier alpha value is -1.75. The zero-order valence-corrected chi connectivity index (χ0v) is 10.4. The second-order valence-corrected chi connectivity index (χ2v) is 4.19. The monoisotopic (exact) mass is 267 g/mol. The van der Waals surface area contributed by atoms with Gasteiger partial charge in [-0.2, -0.15) is 0 Å². The second kappa shape index (κ2) is 6.43. The molecule has 0 aromatic heterocycles. The highest BCUT2D eigenvalue weighted by atomic mass is 19.3. The van der Waals surface area contributed by atoms with Crippen LogP contribution in [0, 0.1) is 0 Å². The Morgan fingerprint density at radius 3 is 2.42 bits per heavy atom. The summed E-state index contributed by atoms with van der Waals surface area (Å²) in [6.45, 7) is 1.77. The zero-order chi connectivity index (χ0) is 13.7. The molecule has 0 aliphatic carbocycles. The first kappa shape index (κ1) is 13.7. The van der Waals surface area contributed by atoms with Crippen LogP contribution in [0.4, 0.5) is 8.78 Å². The molecule has 102 valence electrons. The van der Waals surface area contributed by atoms with Gasteiger partial charge in [-0.25, -0.2) is 8.78 Å². The van der Waals surface area contributed by atoms with E-state index in [1.807, 2.05) is 0 Å². The third-order valence-corrected chi connectivity index (χ3v) is 2.91. The minimum Gasteiger partial charge on any atom is -0.378 e. The number of carbonyl (C=O) groups is 1. The molecule has 1 aromatic rings. The number of amides is 1. The Balaban J connectivity index is 2.25. The smallest absolute Gasteiger partial charge is 0.258 e. The maximum atomic E-state index is 12.6. The molecule has 1 aliphatic rings. The lowest BCUT2D eigenvalue weighted by Crippen LogP contribution is -2.41. The number of hydrogen-bond donors (Lipinski definition) is 0. The first-order valence-electron chi connectivity index (χ1n) is 6.11. The predicted molar refractivity (Wildman–Crippen MR) is 67.8 cm³/mol. The molecule has 0 radical (unpaired) electrons. The van der Waals surface area contributed by atoms with Gasteiger partial charge in [0.25, 0.3) is 12.3 Å². The highest BCUT2D eigenvalue weighted by molar-refractivity contribution is 6.19. The maximum absolute atomic E-state index is 12.6. The molecular formula is C14H15F2NO2. The highest BCUT2D eigenvalue weighted by Gasteiger charge is 2.22. The number of halogens is 2. The lowest BCUT2D eigenvalue weighted by molar-refractivity contribution is -0.129. The van der Waals surface area contributed by atoms with E-state index in [1.54, 1.807) is 35.2 Å². The fourth-order valence-corrected chi connectivity index (χ4v) is 1.97. The summed E-state index contributed by atoms with van der Waals surface area (Å²) in [5, 5.41) is 0. The van der Waals surface area contributed by atoms with Crippen molar-refractivity contribution in [1.29, 1.82) is 0 Å². The van der Waals surface area contributed by atoms with Crippen molar-refractivity contribution >= 4 is 11.5 Å². The van der Waals surface area contributed by atoms with E-state index >= 15 is 0 Å². The summed E-state index contributed by atoms with van der Waals surface area (Å²) in [5.74, 6) is -0.366. The summed E-state index contributed by atoms with van der Waals surface area (Å²) in [5.41, 5.74) is 0.566. The molecular weight excluding hydrogens is 252 g/mol. The molecule has 0 bridgehead atoms. The maximum Gasteiger partial charge on any atom is 0.258 e. The number of nitrogens with zero attached hydrogens (tertiary/aromatic N) is 1. The Morgan fingerprint density at radius 1 is 1.21 bits per heavy atom. The fourth-order valence-electron chi connectivity index (χ4n) is 1.97.